The van der Waals surface area contributed by atoms with Crippen molar-refractivity contribution < 1.29 is 9.84 Å². The van der Waals surface area contributed by atoms with Gasteiger partial charge in [0.15, 0.2) is 0 Å². The fraction of sp³-hybridized carbons (Fsp3) is 0.294. The second kappa shape index (κ2) is 7.07. The zero-order valence-corrected chi connectivity index (χ0v) is 11.2. The first kappa shape index (κ1) is 13.8. The number of aliphatic hydroxyl groups is 1. The van der Waals surface area contributed by atoms with E-state index in [-0.39, 0.29) is 5.92 Å². The molecule has 0 spiro atoms. The van der Waals surface area contributed by atoms with Crippen LogP contribution in [0.15, 0.2) is 60.7 Å². The lowest BCUT2D eigenvalue weighted by molar-refractivity contribution is 0.0175. The summed E-state index contributed by atoms with van der Waals surface area (Å²) in [5.41, 5.74) is 2.26. The number of benzene rings is 2. The van der Waals surface area contributed by atoms with E-state index in [2.05, 4.69) is 0 Å². The van der Waals surface area contributed by atoms with Gasteiger partial charge in [0.2, 0.25) is 0 Å². The molecule has 2 rings (SSSR count). The molecule has 0 aromatic heterocycles. The Morgan fingerprint density at radius 1 is 0.947 bits per heavy atom. The van der Waals surface area contributed by atoms with Gasteiger partial charge >= 0.3 is 0 Å². The van der Waals surface area contributed by atoms with Crippen LogP contribution in [0.5, 0.6) is 0 Å². The van der Waals surface area contributed by atoms with Gasteiger partial charge in [-0.1, -0.05) is 67.6 Å². The van der Waals surface area contributed by atoms with Gasteiger partial charge in [0, 0.05) is 5.92 Å². The minimum atomic E-state index is -0.480. The summed E-state index contributed by atoms with van der Waals surface area (Å²) < 4.78 is 5.57. The van der Waals surface area contributed by atoms with Crippen LogP contribution in [0.4, 0.5) is 0 Å². The van der Waals surface area contributed by atoms with Crippen molar-refractivity contribution in [1.29, 1.82) is 0 Å². The van der Waals surface area contributed by atoms with Crippen LogP contribution in [0.1, 0.15) is 24.0 Å². The van der Waals surface area contributed by atoms with Gasteiger partial charge < -0.3 is 9.84 Å². The van der Waals surface area contributed by atoms with E-state index in [1.165, 1.54) is 0 Å². The molecule has 2 heteroatoms. The highest BCUT2D eigenvalue weighted by Crippen LogP contribution is 2.19. The second-order valence-corrected chi connectivity index (χ2v) is 4.77. The van der Waals surface area contributed by atoms with Gasteiger partial charge in [-0.3, -0.25) is 0 Å². The Labute approximate surface area is 114 Å². The maximum absolute atomic E-state index is 10.1. The highest BCUT2D eigenvalue weighted by molar-refractivity contribution is 5.19. The first-order chi connectivity index (χ1) is 9.27. The van der Waals surface area contributed by atoms with Gasteiger partial charge in [0.05, 0.1) is 19.3 Å². The summed E-state index contributed by atoms with van der Waals surface area (Å²) in [5.74, 6) is 0.0805. The van der Waals surface area contributed by atoms with Crippen molar-refractivity contribution in [2.75, 3.05) is 6.61 Å². The summed E-state index contributed by atoms with van der Waals surface area (Å²) in [7, 11) is 0. The van der Waals surface area contributed by atoms with Crippen molar-refractivity contribution >= 4 is 0 Å². The van der Waals surface area contributed by atoms with Crippen molar-refractivity contribution in [2.45, 2.75) is 25.6 Å². The Morgan fingerprint density at radius 3 is 2.16 bits per heavy atom. The third-order valence-corrected chi connectivity index (χ3v) is 3.30. The fourth-order valence-corrected chi connectivity index (χ4v) is 1.99. The highest BCUT2D eigenvalue weighted by atomic mass is 16.5. The third kappa shape index (κ3) is 4.19. The zero-order valence-electron chi connectivity index (χ0n) is 11.2. The maximum atomic E-state index is 10.1. The highest BCUT2D eigenvalue weighted by Gasteiger charge is 2.15. The van der Waals surface area contributed by atoms with E-state index < -0.39 is 6.10 Å². The molecule has 0 heterocycles. The molecule has 2 nitrogen and oxygen atoms in total. The summed E-state index contributed by atoms with van der Waals surface area (Å²) in [6.45, 7) is 2.91. The van der Waals surface area contributed by atoms with Crippen LogP contribution >= 0.6 is 0 Å². The summed E-state index contributed by atoms with van der Waals surface area (Å²) >= 11 is 0. The molecule has 2 aromatic carbocycles. The molecule has 0 aliphatic heterocycles. The topological polar surface area (TPSA) is 29.5 Å². The largest absolute Gasteiger partial charge is 0.390 e. The van der Waals surface area contributed by atoms with Crippen molar-refractivity contribution in [3.63, 3.8) is 0 Å². The van der Waals surface area contributed by atoms with Crippen molar-refractivity contribution in [3.05, 3.63) is 71.8 Å². The zero-order chi connectivity index (χ0) is 13.5. The Bertz CT molecular complexity index is 467. The normalized spacial score (nSPS) is 14.0. The number of rotatable bonds is 6. The Balaban J connectivity index is 1.80. The first-order valence-electron chi connectivity index (χ1n) is 6.62. The van der Waals surface area contributed by atoms with E-state index in [1.54, 1.807) is 0 Å². The minimum absolute atomic E-state index is 0.0805. The molecule has 2 atom stereocenters. The van der Waals surface area contributed by atoms with Gasteiger partial charge in [-0.2, -0.15) is 0 Å². The molecule has 0 fully saturated rings. The smallest absolute Gasteiger partial charge is 0.0839 e. The SMILES string of the molecule is CC(c1ccccc1)C(O)COCc1ccccc1. The molecular formula is C17H20O2. The first-order valence-corrected chi connectivity index (χ1v) is 6.62. The van der Waals surface area contributed by atoms with Crippen LogP contribution in [0.2, 0.25) is 0 Å². The summed E-state index contributed by atoms with van der Waals surface area (Å²) in [4.78, 5) is 0. The predicted octanol–water partition coefficient (Wildman–Crippen LogP) is 3.37. The van der Waals surface area contributed by atoms with E-state index in [0.717, 1.165) is 11.1 Å². The Morgan fingerprint density at radius 2 is 1.53 bits per heavy atom. The molecule has 2 aromatic rings. The fourth-order valence-electron chi connectivity index (χ4n) is 1.99. The number of hydrogen-bond acceptors (Lipinski definition) is 2. The van der Waals surface area contributed by atoms with Gasteiger partial charge in [-0.25, -0.2) is 0 Å². The molecule has 100 valence electrons. The van der Waals surface area contributed by atoms with Crippen LogP contribution in [-0.2, 0) is 11.3 Å². The molecular weight excluding hydrogens is 236 g/mol. The molecule has 0 aliphatic carbocycles. The van der Waals surface area contributed by atoms with Gasteiger partial charge in [0.25, 0.3) is 0 Å². The third-order valence-electron chi connectivity index (χ3n) is 3.30. The minimum Gasteiger partial charge on any atom is -0.390 e. The molecule has 0 aliphatic rings. The monoisotopic (exact) mass is 256 g/mol. The summed E-state index contributed by atoms with van der Waals surface area (Å²) in [6, 6.07) is 20.0. The van der Waals surface area contributed by atoms with Gasteiger partial charge in [-0.05, 0) is 11.1 Å². The maximum Gasteiger partial charge on any atom is 0.0839 e. The van der Waals surface area contributed by atoms with E-state index in [4.69, 9.17) is 4.74 Å². The lowest BCUT2D eigenvalue weighted by atomic mass is 9.96. The molecule has 0 saturated heterocycles. The number of aliphatic hydroxyl groups excluding tert-OH is 1. The quantitative estimate of drug-likeness (QED) is 0.858. The average Bonchev–Trinajstić information content (AvgIpc) is 2.48. The number of ether oxygens (including phenoxy) is 1. The van der Waals surface area contributed by atoms with Crippen molar-refractivity contribution in [2.24, 2.45) is 0 Å². The standard InChI is InChI=1S/C17H20O2/c1-14(16-10-6-3-7-11-16)17(18)13-19-12-15-8-4-2-5-9-15/h2-11,14,17-18H,12-13H2,1H3. The van der Waals surface area contributed by atoms with Crippen LogP contribution < -0.4 is 0 Å². The predicted molar refractivity (Wildman–Crippen MR) is 77.0 cm³/mol. The van der Waals surface area contributed by atoms with E-state index in [0.29, 0.717) is 13.2 Å². The molecule has 19 heavy (non-hydrogen) atoms. The van der Waals surface area contributed by atoms with Gasteiger partial charge in [-0.15, -0.1) is 0 Å². The Kier molecular flexibility index (Phi) is 5.13. The molecule has 0 bridgehead atoms. The van der Waals surface area contributed by atoms with Crippen molar-refractivity contribution in [1.82, 2.24) is 0 Å². The van der Waals surface area contributed by atoms with Crippen molar-refractivity contribution in [3.8, 4) is 0 Å². The number of hydrogen-bond donors (Lipinski definition) is 1. The van der Waals surface area contributed by atoms with Gasteiger partial charge in [0.1, 0.15) is 0 Å². The molecule has 0 saturated carbocycles. The van der Waals surface area contributed by atoms with Crippen LogP contribution in [-0.4, -0.2) is 17.8 Å². The summed E-state index contributed by atoms with van der Waals surface area (Å²) in [6.07, 6.45) is -0.480. The molecule has 0 amide bonds. The molecule has 2 unspecified atom stereocenters. The van der Waals surface area contributed by atoms with E-state index in [1.807, 2.05) is 67.6 Å². The van der Waals surface area contributed by atoms with E-state index >= 15 is 0 Å². The lowest BCUT2D eigenvalue weighted by Crippen LogP contribution is -2.22. The van der Waals surface area contributed by atoms with Crippen LogP contribution in [0.25, 0.3) is 0 Å². The van der Waals surface area contributed by atoms with Crippen LogP contribution in [0, 0.1) is 0 Å². The lowest BCUT2D eigenvalue weighted by Gasteiger charge is -2.19. The van der Waals surface area contributed by atoms with Crippen LogP contribution in [0.3, 0.4) is 0 Å². The molecule has 0 radical (unpaired) electrons. The van der Waals surface area contributed by atoms with E-state index in [9.17, 15) is 5.11 Å². The second-order valence-electron chi connectivity index (χ2n) is 4.77. The molecule has 1 N–H and O–H groups in total. The Hall–Kier alpha value is -1.64. The summed E-state index contributed by atoms with van der Waals surface area (Å²) in [5, 5.41) is 10.1. The average molecular weight is 256 g/mol.